The van der Waals surface area contributed by atoms with E-state index in [1.165, 1.54) is 6.07 Å². The second kappa shape index (κ2) is 8.06. The number of pyridine rings is 1. The molecule has 1 aromatic carbocycles. The van der Waals surface area contributed by atoms with Crippen molar-refractivity contribution in [3.63, 3.8) is 0 Å². The molecule has 0 aliphatic carbocycles. The topological polar surface area (TPSA) is 37.4 Å². The third kappa shape index (κ3) is 4.64. The van der Waals surface area contributed by atoms with E-state index in [-0.39, 0.29) is 11.6 Å². The molecule has 136 valence electrons. The first kappa shape index (κ1) is 18.0. The fourth-order valence-electron chi connectivity index (χ4n) is 3.24. The molecule has 0 spiro atoms. The Kier molecular flexibility index (Phi) is 5.81. The van der Waals surface area contributed by atoms with E-state index in [1.54, 1.807) is 12.3 Å². The highest BCUT2D eigenvalue weighted by Gasteiger charge is 2.20. The highest BCUT2D eigenvalue weighted by Crippen LogP contribution is 2.27. The van der Waals surface area contributed by atoms with Crippen molar-refractivity contribution < 1.29 is 13.5 Å². The molecule has 0 bridgehead atoms. The largest absolute Gasteiger partial charge is 0.382 e. The van der Waals surface area contributed by atoms with E-state index in [0.29, 0.717) is 11.4 Å². The Bertz CT molecular complexity index is 715. The van der Waals surface area contributed by atoms with Crippen molar-refractivity contribution in [1.82, 2.24) is 9.88 Å². The van der Waals surface area contributed by atoms with Crippen LogP contribution in [0.5, 0.6) is 0 Å². The van der Waals surface area contributed by atoms with Crippen molar-refractivity contribution in [1.29, 1.82) is 0 Å². The van der Waals surface area contributed by atoms with E-state index < -0.39 is 11.6 Å². The summed E-state index contributed by atoms with van der Waals surface area (Å²) in [4.78, 5) is 6.43. The van der Waals surface area contributed by atoms with Crippen LogP contribution in [0.2, 0.25) is 0 Å². The van der Waals surface area contributed by atoms with Crippen LogP contribution in [0.4, 0.5) is 14.5 Å². The van der Waals surface area contributed by atoms with Gasteiger partial charge in [0, 0.05) is 49.0 Å². The smallest absolute Gasteiger partial charge is 0.152 e. The molecule has 1 N–H and O–H groups in total. The third-order valence-corrected chi connectivity index (χ3v) is 4.57. The van der Waals surface area contributed by atoms with Crippen molar-refractivity contribution in [2.24, 2.45) is 0 Å². The van der Waals surface area contributed by atoms with Gasteiger partial charge in [0.15, 0.2) is 5.82 Å². The molecule has 1 aliphatic rings. The minimum Gasteiger partial charge on any atom is -0.382 e. The Hall–Kier alpha value is -1.79. The Morgan fingerprint density at radius 3 is 2.76 bits per heavy atom. The third-order valence-electron chi connectivity index (χ3n) is 4.57. The van der Waals surface area contributed by atoms with Gasteiger partial charge in [-0.3, -0.25) is 4.98 Å². The molecule has 0 atom stereocenters. The predicted octanol–water partition coefficient (Wildman–Crippen LogP) is 3.81. The van der Waals surface area contributed by atoms with E-state index in [2.05, 4.69) is 15.2 Å². The number of benzene rings is 1. The van der Waals surface area contributed by atoms with E-state index in [4.69, 9.17) is 4.74 Å². The van der Waals surface area contributed by atoms with Crippen LogP contribution in [-0.2, 0) is 4.74 Å². The van der Waals surface area contributed by atoms with Crippen molar-refractivity contribution in [2.75, 3.05) is 31.6 Å². The van der Waals surface area contributed by atoms with Gasteiger partial charge < -0.3 is 15.0 Å². The van der Waals surface area contributed by atoms with Gasteiger partial charge in [0.05, 0.1) is 12.7 Å². The standard InChI is InChI=1S/C19H25F2N3O/c1-13(2)25-10-9-24-7-4-15(5-8-24)23-18-3-6-22-19-16(18)11-14(20)12-17(19)21/h3,6,11-13,15H,4-5,7-10H2,1-2H3,(H,22,23). The minimum atomic E-state index is -0.626. The molecular weight excluding hydrogens is 324 g/mol. The number of hydrogen-bond acceptors (Lipinski definition) is 4. The molecule has 1 aliphatic heterocycles. The van der Waals surface area contributed by atoms with Crippen molar-refractivity contribution in [2.45, 2.75) is 38.8 Å². The summed E-state index contributed by atoms with van der Waals surface area (Å²) in [6.45, 7) is 7.76. The molecule has 6 heteroatoms. The summed E-state index contributed by atoms with van der Waals surface area (Å²) in [7, 11) is 0. The predicted molar refractivity (Wildman–Crippen MR) is 95.8 cm³/mol. The van der Waals surface area contributed by atoms with Gasteiger partial charge in [0.1, 0.15) is 11.3 Å². The monoisotopic (exact) mass is 349 g/mol. The molecule has 2 aromatic rings. The molecule has 0 radical (unpaired) electrons. The average Bonchev–Trinajstić information content (AvgIpc) is 2.57. The first-order chi connectivity index (χ1) is 12.0. The van der Waals surface area contributed by atoms with Gasteiger partial charge in [0.25, 0.3) is 0 Å². The van der Waals surface area contributed by atoms with Gasteiger partial charge in [0.2, 0.25) is 0 Å². The molecule has 0 unspecified atom stereocenters. The zero-order chi connectivity index (χ0) is 17.8. The Balaban J connectivity index is 1.60. The summed E-state index contributed by atoms with van der Waals surface area (Å²) in [5, 5.41) is 3.94. The number of hydrogen-bond donors (Lipinski definition) is 1. The minimum absolute atomic E-state index is 0.203. The van der Waals surface area contributed by atoms with Gasteiger partial charge >= 0.3 is 0 Å². The van der Waals surface area contributed by atoms with Gasteiger partial charge in [-0.1, -0.05) is 0 Å². The number of halogens is 2. The van der Waals surface area contributed by atoms with Crippen LogP contribution in [0.15, 0.2) is 24.4 Å². The van der Waals surface area contributed by atoms with Crippen LogP contribution < -0.4 is 5.32 Å². The number of fused-ring (bicyclic) bond motifs is 1. The van der Waals surface area contributed by atoms with E-state index in [0.717, 1.165) is 50.8 Å². The molecule has 3 rings (SSSR count). The zero-order valence-electron chi connectivity index (χ0n) is 14.8. The molecule has 1 aromatic heterocycles. The van der Waals surface area contributed by atoms with Crippen molar-refractivity contribution in [3.05, 3.63) is 36.0 Å². The zero-order valence-corrected chi connectivity index (χ0v) is 14.8. The number of rotatable bonds is 6. The molecular formula is C19H25F2N3O. The van der Waals surface area contributed by atoms with Crippen molar-refractivity contribution in [3.8, 4) is 0 Å². The number of ether oxygens (including phenoxy) is 1. The molecule has 4 nitrogen and oxygen atoms in total. The van der Waals surface area contributed by atoms with Gasteiger partial charge in [-0.2, -0.15) is 0 Å². The number of nitrogens with zero attached hydrogens (tertiary/aromatic N) is 2. The van der Waals surface area contributed by atoms with Gasteiger partial charge in [-0.15, -0.1) is 0 Å². The maximum atomic E-state index is 13.9. The Labute approximate surface area is 147 Å². The van der Waals surface area contributed by atoms with Crippen LogP contribution in [-0.4, -0.2) is 48.3 Å². The Morgan fingerprint density at radius 1 is 1.28 bits per heavy atom. The first-order valence-corrected chi connectivity index (χ1v) is 8.87. The lowest BCUT2D eigenvalue weighted by molar-refractivity contribution is 0.0543. The SMILES string of the molecule is CC(C)OCCN1CCC(Nc2ccnc3c(F)cc(F)cc23)CC1. The molecule has 1 saturated heterocycles. The van der Waals surface area contributed by atoms with Crippen LogP contribution >= 0.6 is 0 Å². The molecule has 0 saturated carbocycles. The van der Waals surface area contributed by atoms with E-state index in [9.17, 15) is 8.78 Å². The van der Waals surface area contributed by atoms with Crippen LogP contribution in [0.25, 0.3) is 10.9 Å². The van der Waals surface area contributed by atoms with E-state index >= 15 is 0 Å². The highest BCUT2D eigenvalue weighted by atomic mass is 19.1. The first-order valence-electron chi connectivity index (χ1n) is 8.87. The summed E-state index contributed by atoms with van der Waals surface area (Å²) in [5.74, 6) is -1.21. The quantitative estimate of drug-likeness (QED) is 0.860. The van der Waals surface area contributed by atoms with Gasteiger partial charge in [-0.25, -0.2) is 8.78 Å². The van der Waals surface area contributed by atoms with Crippen LogP contribution in [0.3, 0.4) is 0 Å². The van der Waals surface area contributed by atoms with Gasteiger partial charge in [-0.05, 0) is 38.8 Å². The summed E-state index contributed by atoms with van der Waals surface area (Å²) in [6, 6.07) is 4.28. The molecule has 2 heterocycles. The summed E-state index contributed by atoms with van der Waals surface area (Å²) < 4.78 is 33.1. The summed E-state index contributed by atoms with van der Waals surface area (Å²) in [5.41, 5.74) is 0.944. The molecule has 0 amide bonds. The number of nitrogens with one attached hydrogen (secondary N) is 1. The second-order valence-corrected chi connectivity index (χ2v) is 6.82. The maximum absolute atomic E-state index is 13.9. The fourth-order valence-corrected chi connectivity index (χ4v) is 3.24. The normalized spacial score (nSPS) is 16.7. The maximum Gasteiger partial charge on any atom is 0.152 e. The number of piperidine rings is 1. The summed E-state index contributed by atoms with van der Waals surface area (Å²) in [6.07, 6.45) is 3.80. The summed E-state index contributed by atoms with van der Waals surface area (Å²) >= 11 is 0. The highest BCUT2D eigenvalue weighted by molar-refractivity contribution is 5.91. The lowest BCUT2D eigenvalue weighted by Gasteiger charge is -2.33. The number of aromatic nitrogens is 1. The lowest BCUT2D eigenvalue weighted by atomic mass is 10.0. The number of likely N-dealkylation sites (tertiary alicyclic amines) is 1. The Morgan fingerprint density at radius 2 is 2.04 bits per heavy atom. The van der Waals surface area contributed by atoms with E-state index in [1.807, 2.05) is 13.8 Å². The lowest BCUT2D eigenvalue weighted by Crippen LogP contribution is -2.40. The fraction of sp³-hybridized carbons (Fsp3) is 0.526. The number of anilines is 1. The van der Waals surface area contributed by atoms with Crippen LogP contribution in [0.1, 0.15) is 26.7 Å². The molecule has 1 fully saturated rings. The van der Waals surface area contributed by atoms with Crippen LogP contribution in [0, 0.1) is 11.6 Å². The van der Waals surface area contributed by atoms with Crippen molar-refractivity contribution >= 4 is 16.6 Å². The average molecular weight is 349 g/mol. The molecule has 25 heavy (non-hydrogen) atoms. The second-order valence-electron chi connectivity index (χ2n) is 6.82.